The average molecular weight is 358 g/mol. The topological polar surface area (TPSA) is 62.1 Å². The predicted octanol–water partition coefficient (Wildman–Crippen LogP) is 3.10. The molecule has 1 aromatic heterocycles. The largest absolute Gasteiger partial charge is 0.493 e. The van der Waals surface area contributed by atoms with Gasteiger partial charge in [-0.2, -0.15) is 0 Å². The molecule has 0 radical (unpaired) electrons. The van der Waals surface area contributed by atoms with Gasteiger partial charge in [0.25, 0.3) is 0 Å². The molecule has 0 saturated heterocycles. The number of rotatable bonds is 7. The molecule has 2 aromatic rings. The number of hydrogen-bond acceptors (Lipinski definition) is 5. The van der Waals surface area contributed by atoms with Crippen LogP contribution in [-0.2, 0) is 6.42 Å². The molecule has 0 N–H and O–H groups in total. The molecule has 140 valence electrons. The fourth-order valence-electron chi connectivity index (χ4n) is 2.67. The fourth-order valence-corrected chi connectivity index (χ4v) is 2.67. The number of benzene rings is 1. The number of nitrogens with zero attached hydrogens (tertiary/aromatic N) is 2. The first kappa shape index (κ1) is 19.6. The van der Waals surface area contributed by atoms with E-state index in [4.69, 9.17) is 14.2 Å². The second-order valence-electron chi connectivity index (χ2n) is 6.08. The Hall–Kier alpha value is -2.76. The summed E-state index contributed by atoms with van der Waals surface area (Å²) in [6.07, 6.45) is 2.64. The van der Waals surface area contributed by atoms with Gasteiger partial charge >= 0.3 is 0 Å². The van der Waals surface area contributed by atoms with Gasteiger partial charge in [-0.1, -0.05) is 6.07 Å². The molecular formula is C20H26N2O4. The number of aromatic nitrogens is 1. The van der Waals surface area contributed by atoms with Gasteiger partial charge in [0, 0.05) is 18.7 Å². The van der Waals surface area contributed by atoms with Gasteiger partial charge in [-0.05, 0) is 50.1 Å². The fraction of sp³-hybridized carbons (Fsp3) is 0.400. The summed E-state index contributed by atoms with van der Waals surface area (Å²) in [5.74, 6) is 1.69. The van der Waals surface area contributed by atoms with Crippen LogP contribution < -0.4 is 19.7 Å². The van der Waals surface area contributed by atoms with E-state index in [1.165, 1.54) is 0 Å². The van der Waals surface area contributed by atoms with Crippen molar-refractivity contribution in [3.8, 4) is 17.2 Å². The van der Waals surface area contributed by atoms with Crippen molar-refractivity contribution in [3.63, 3.8) is 0 Å². The average Bonchev–Trinajstić information content (AvgIpc) is 2.65. The SMILES string of the molecule is COc1cc(CCC(=O)n2ccccc2=NC(C)C)cc(OC)c1OC. The molecule has 0 atom stereocenters. The van der Waals surface area contributed by atoms with Crippen LogP contribution in [-0.4, -0.2) is 37.8 Å². The number of carbonyl (C=O) groups is 1. The maximum Gasteiger partial charge on any atom is 0.232 e. The molecule has 0 saturated carbocycles. The summed E-state index contributed by atoms with van der Waals surface area (Å²) >= 11 is 0. The minimum Gasteiger partial charge on any atom is -0.493 e. The molecule has 26 heavy (non-hydrogen) atoms. The van der Waals surface area contributed by atoms with Gasteiger partial charge in [0.2, 0.25) is 11.7 Å². The Morgan fingerprint density at radius 3 is 2.27 bits per heavy atom. The van der Waals surface area contributed by atoms with Gasteiger partial charge < -0.3 is 14.2 Å². The van der Waals surface area contributed by atoms with Crippen LogP contribution in [0.3, 0.4) is 0 Å². The van der Waals surface area contributed by atoms with E-state index in [2.05, 4.69) is 4.99 Å². The highest BCUT2D eigenvalue weighted by Gasteiger charge is 2.14. The maximum absolute atomic E-state index is 12.7. The lowest BCUT2D eigenvalue weighted by atomic mass is 10.1. The summed E-state index contributed by atoms with van der Waals surface area (Å²) in [5.41, 5.74) is 1.60. The summed E-state index contributed by atoms with van der Waals surface area (Å²) in [6, 6.07) is 9.40. The van der Waals surface area contributed by atoms with Crippen molar-refractivity contribution in [1.29, 1.82) is 0 Å². The summed E-state index contributed by atoms with van der Waals surface area (Å²) in [6.45, 7) is 3.97. The van der Waals surface area contributed by atoms with Crippen molar-refractivity contribution in [3.05, 3.63) is 47.6 Å². The van der Waals surface area contributed by atoms with Gasteiger partial charge in [-0.15, -0.1) is 0 Å². The van der Waals surface area contributed by atoms with Crippen molar-refractivity contribution in [2.24, 2.45) is 4.99 Å². The molecule has 0 amide bonds. The third-order valence-corrected chi connectivity index (χ3v) is 3.85. The lowest BCUT2D eigenvalue weighted by Crippen LogP contribution is -2.27. The number of aryl methyl sites for hydroxylation is 1. The van der Waals surface area contributed by atoms with Crippen LogP contribution in [0.15, 0.2) is 41.5 Å². The Kier molecular flexibility index (Phi) is 6.83. The Morgan fingerprint density at radius 2 is 1.73 bits per heavy atom. The van der Waals surface area contributed by atoms with Gasteiger partial charge in [-0.3, -0.25) is 14.4 Å². The predicted molar refractivity (Wildman–Crippen MR) is 100 cm³/mol. The first-order chi connectivity index (χ1) is 12.5. The molecule has 0 aliphatic heterocycles. The van der Waals surface area contributed by atoms with Crippen molar-refractivity contribution < 1.29 is 19.0 Å². The molecular weight excluding hydrogens is 332 g/mol. The van der Waals surface area contributed by atoms with Crippen LogP contribution in [0.2, 0.25) is 0 Å². The molecule has 0 fully saturated rings. The highest BCUT2D eigenvalue weighted by molar-refractivity contribution is 5.79. The van der Waals surface area contributed by atoms with Crippen molar-refractivity contribution >= 4 is 5.91 Å². The van der Waals surface area contributed by atoms with E-state index in [-0.39, 0.29) is 11.9 Å². The quantitative estimate of drug-likeness (QED) is 0.763. The second-order valence-corrected chi connectivity index (χ2v) is 6.08. The molecule has 1 aromatic carbocycles. The van der Waals surface area contributed by atoms with E-state index < -0.39 is 0 Å². The number of methoxy groups -OCH3 is 3. The molecule has 0 aliphatic carbocycles. The molecule has 0 bridgehead atoms. The monoisotopic (exact) mass is 358 g/mol. The number of carbonyl (C=O) groups excluding carboxylic acids is 1. The highest BCUT2D eigenvalue weighted by Crippen LogP contribution is 2.38. The second kappa shape index (κ2) is 9.08. The third kappa shape index (κ3) is 4.65. The molecule has 0 aliphatic rings. The van der Waals surface area contributed by atoms with E-state index in [9.17, 15) is 4.79 Å². The zero-order valence-corrected chi connectivity index (χ0v) is 16.0. The molecule has 0 unspecified atom stereocenters. The standard InChI is InChI=1S/C20H26N2O4/c1-14(2)21-18-8-6-7-11-22(18)19(23)10-9-15-12-16(24-3)20(26-5)17(13-15)25-4/h6-8,11-14H,9-10H2,1-5H3. The zero-order valence-electron chi connectivity index (χ0n) is 16.0. The normalized spacial score (nSPS) is 11.5. The molecule has 6 heteroatoms. The summed E-state index contributed by atoms with van der Waals surface area (Å²) in [5, 5.41) is 0. The molecule has 1 heterocycles. The van der Waals surface area contributed by atoms with Crippen LogP contribution in [0.25, 0.3) is 0 Å². The van der Waals surface area contributed by atoms with Gasteiger partial charge in [0.05, 0.1) is 21.3 Å². The lowest BCUT2D eigenvalue weighted by molar-refractivity contribution is 0.0897. The smallest absolute Gasteiger partial charge is 0.232 e. The summed E-state index contributed by atoms with van der Waals surface area (Å²) < 4.78 is 17.6. The summed E-state index contributed by atoms with van der Waals surface area (Å²) in [4.78, 5) is 17.2. The van der Waals surface area contributed by atoms with E-state index in [1.807, 2.05) is 44.2 Å². The van der Waals surface area contributed by atoms with Crippen molar-refractivity contribution in [1.82, 2.24) is 4.57 Å². The molecule has 0 spiro atoms. The Morgan fingerprint density at radius 1 is 1.08 bits per heavy atom. The third-order valence-electron chi connectivity index (χ3n) is 3.85. The first-order valence-corrected chi connectivity index (χ1v) is 8.53. The lowest BCUT2D eigenvalue weighted by Gasteiger charge is -2.14. The van der Waals surface area contributed by atoms with Crippen LogP contribution in [0.5, 0.6) is 17.2 Å². The van der Waals surface area contributed by atoms with E-state index in [0.29, 0.717) is 35.6 Å². The van der Waals surface area contributed by atoms with Crippen molar-refractivity contribution in [2.75, 3.05) is 21.3 Å². The number of ether oxygens (including phenoxy) is 3. The first-order valence-electron chi connectivity index (χ1n) is 8.53. The van der Waals surface area contributed by atoms with E-state index in [1.54, 1.807) is 32.1 Å². The van der Waals surface area contributed by atoms with E-state index >= 15 is 0 Å². The van der Waals surface area contributed by atoms with Crippen LogP contribution in [0, 0.1) is 0 Å². The Bertz CT molecular complexity index is 800. The van der Waals surface area contributed by atoms with E-state index in [0.717, 1.165) is 5.56 Å². The molecule has 2 rings (SSSR count). The van der Waals surface area contributed by atoms with Crippen LogP contribution in [0.4, 0.5) is 0 Å². The highest BCUT2D eigenvalue weighted by atomic mass is 16.5. The van der Waals surface area contributed by atoms with Gasteiger partial charge in [0.1, 0.15) is 5.49 Å². The van der Waals surface area contributed by atoms with Gasteiger partial charge in [0.15, 0.2) is 11.5 Å². The maximum atomic E-state index is 12.7. The Labute approximate surface area is 154 Å². The zero-order chi connectivity index (χ0) is 19.1. The number of pyridine rings is 1. The molecule has 6 nitrogen and oxygen atoms in total. The van der Waals surface area contributed by atoms with Crippen molar-refractivity contribution in [2.45, 2.75) is 32.7 Å². The Balaban J connectivity index is 2.23. The minimum atomic E-state index is -0.0150. The van der Waals surface area contributed by atoms with Crippen LogP contribution >= 0.6 is 0 Å². The van der Waals surface area contributed by atoms with Gasteiger partial charge in [-0.25, -0.2) is 0 Å². The summed E-state index contributed by atoms with van der Waals surface area (Å²) in [7, 11) is 4.72. The van der Waals surface area contributed by atoms with Crippen LogP contribution in [0.1, 0.15) is 30.6 Å². The number of hydrogen-bond donors (Lipinski definition) is 0. The minimum absolute atomic E-state index is 0.0150.